The molecular weight excluding hydrogens is 354 g/mol. The first-order valence-electron chi connectivity index (χ1n) is 9.95. The van der Waals surface area contributed by atoms with Gasteiger partial charge in [-0.15, -0.1) is 0 Å². The van der Waals surface area contributed by atoms with E-state index in [2.05, 4.69) is 24.3 Å². The summed E-state index contributed by atoms with van der Waals surface area (Å²) in [6.45, 7) is 1.52. The Morgan fingerprint density at radius 1 is 0.964 bits per heavy atom. The van der Waals surface area contributed by atoms with Gasteiger partial charge in [0.1, 0.15) is 6.61 Å². The predicted molar refractivity (Wildman–Crippen MR) is 106 cm³/mol. The van der Waals surface area contributed by atoms with Crippen molar-refractivity contribution in [3.05, 3.63) is 59.7 Å². The van der Waals surface area contributed by atoms with Gasteiger partial charge >= 0.3 is 12.1 Å². The van der Waals surface area contributed by atoms with Crippen LogP contribution in [0.1, 0.15) is 42.7 Å². The van der Waals surface area contributed by atoms with Crippen molar-refractivity contribution in [2.75, 3.05) is 19.7 Å². The molecule has 1 aliphatic heterocycles. The number of hydrogen-bond acceptors (Lipinski definition) is 3. The Bertz CT molecular complexity index is 833. The van der Waals surface area contributed by atoms with Gasteiger partial charge in [-0.2, -0.15) is 0 Å². The number of carboxylic acids is 1. The second-order valence-electron chi connectivity index (χ2n) is 7.69. The Balaban J connectivity index is 1.41. The van der Waals surface area contributed by atoms with Crippen molar-refractivity contribution >= 4 is 12.1 Å². The van der Waals surface area contributed by atoms with Crippen molar-refractivity contribution in [2.45, 2.75) is 31.6 Å². The number of carbonyl (C=O) groups excluding carboxylic acids is 1. The van der Waals surface area contributed by atoms with Crippen LogP contribution in [0.15, 0.2) is 48.5 Å². The van der Waals surface area contributed by atoms with Crippen molar-refractivity contribution in [1.29, 1.82) is 0 Å². The maximum absolute atomic E-state index is 12.6. The van der Waals surface area contributed by atoms with Crippen LogP contribution in [0.2, 0.25) is 0 Å². The van der Waals surface area contributed by atoms with Gasteiger partial charge in [-0.1, -0.05) is 48.5 Å². The molecule has 1 aliphatic carbocycles. The van der Waals surface area contributed by atoms with E-state index in [4.69, 9.17) is 9.84 Å². The fourth-order valence-electron chi connectivity index (χ4n) is 4.48. The van der Waals surface area contributed by atoms with E-state index in [0.29, 0.717) is 19.7 Å². The van der Waals surface area contributed by atoms with E-state index in [1.165, 1.54) is 22.3 Å². The summed E-state index contributed by atoms with van der Waals surface area (Å²) in [6, 6.07) is 16.6. The van der Waals surface area contributed by atoms with Gasteiger partial charge in [0.15, 0.2) is 0 Å². The number of benzene rings is 2. The lowest BCUT2D eigenvalue weighted by molar-refractivity contribution is -0.138. The van der Waals surface area contributed by atoms with Gasteiger partial charge in [-0.25, -0.2) is 4.79 Å². The number of nitrogens with zero attached hydrogens (tertiary/aromatic N) is 1. The second-order valence-corrected chi connectivity index (χ2v) is 7.69. The summed E-state index contributed by atoms with van der Waals surface area (Å²) in [7, 11) is 0. The first-order valence-corrected chi connectivity index (χ1v) is 9.95. The van der Waals surface area contributed by atoms with Gasteiger partial charge in [0.2, 0.25) is 0 Å². The molecule has 5 heteroatoms. The van der Waals surface area contributed by atoms with Crippen LogP contribution in [0.25, 0.3) is 11.1 Å². The number of hydrogen-bond donors (Lipinski definition) is 1. The van der Waals surface area contributed by atoms with Crippen LogP contribution in [-0.2, 0) is 9.53 Å². The van der Waals surface area contributed by atoms with Gasteiger partial charge in [0, 0.05) is 25.4 Å². The average Bonchev–Trinajstić information content (AvgIpc) is 2.83. The molecule has 2 aromatic carbocycles. The first-order chi connectivity index (χ1) is 13.6. The molecule has 1 N–H and O–H groups in total. The molecule has 1 unspecified atom stereocenters. The van der Waals surface area contributed by atoms with Crippen molar-refractivity contribution in [3.8, 4) is 11.1 Å². The van der Waals surface area contributed by atoms with Gasteiger partial charge in [0.05, 0.1) is 0 Å². The van der Waals surface area contributed by atoms with Gasteiger partial charge in [-0.3, -0.25) is 4.79 Å². The Labute approximate surface area is 164 Å². The Kier molecular flexibility index (Phi) is 5.33. The molecule has 0 aromatic heterocycles. The molecule has 0 spiro atoms. The summed E-state index contributed by atoms with van der Waals surface area (Å²) in [6.07, 6.45) is 2.27. The summed E-state index contributed by atoms with van der Waals surface area (Å²) in [5, 5.41) is 8.99. The molecule has 1 heterocycles. The number of likely N-dealkylation sites (tertiary alicyclic amines) is 1. The van der Waals surface area contributed by atoms with E-state index in [1.807, 2.05) is 24.3 Å². The number of carbonyl (C=O) groups is 2. The standard InChI is InChI=1S/C23H25NO4/c25-22(26)14-16-6-5-12-24(13-11-16)23(27)28-15-21-19-9-3-1-7-17(19)18-8-2-4-10-20(18)21/h1-4,7-10,16,21H,5-6,11-15H2,(H,25,26). The van der Waals surface area contributed by atoms with Crippen LogP contribution >= 0.6 is 0 Å². The number of carboxylic acid groups (broad SMARTS) is 1. The third kappa shape index (κ3) is 3.75. The Hall–Kier alpha value is -2.82. The monoisotopic (exact) mass is 379 g/mol. The highest BCUT2D eigenvalue weighted by Gasteiger charge is 2.30. The molecule has 146 valence electrons. The highest BCUT2D eigenvalue weighted by molar-refractivity contribution is 5.79. The number of fused-ring (bicyclic) bond motifs is 3. The molecule has 1 saturated heterocycles. The molecule has 1 amide bonds. The topological polar surface area (TPSA) is 66.8 Å². The molecule has 0 bridgehead atoms. The smallest absolute Gasteiger partial charge is 0.409 e. The third-order valence-corrected chi connectivity index (χ3v) is 5.91. The molecule has 4 rings (SSSR count). The van der Waals surface area contributed by atoms with E-state index in [1.54, 1.807) is 4.90 Å². The number of aliphatic carboxylic acids is 1. The molecular formula is C23H25NO4. The van der Waals surface area contributed by atoms with Crippen LogP contribution in [0.3, 0.4) is 0 Å². The lowest BCUT2D eigenvalue weighted by atomic mass is 9.97. The van der Waals surface area contributed by atoms with E-state index in [-0.39, 0.29) is 24.3 Å². The van der Waals surface area contributed by atoms with Crippen molar-refractivity contribution in [2.24, 2.45) is 5.92 Å². The molecule has 0 saturated carbocycles. The predicted octanol–water partition coefficient (Wildman–Crippen LogP) is 4.51. The van der Waals surface area contributed by atoms with Crippen molar-refractivity contribution in [1.82, 2.24) is 4.90 Å². The zero-order chi connectivity index (χ0) is 19.5. The summed E-state index contributed by atoms with van der Waals surface area (Å²) in [5.74, 6) is -0.563. The zero-order valence-electron chi connectivity index (χ0n) is 15.8. The summed E-state index contributed by atoms with van der Waals surface area (Å²) < 4.78 is 5.72. The highest BCUT2D eigenvalue weighted by atomic mass is 16.6. The molecule has 1 fully saturated rings. The average molecular weight is 379 g/mol. The van der Waals surface area contributed by atoms with E-state index in [0.717, 1.165) is 19.3 Å². The van der Waals surface area contributed by atoms with E-state index in [9.17, 15) is 9.59 Å². The maximum atomic E-state index is 12.6. The van der Waals surface area contributed by atoms with Gasteiger partial charge < -0.3 is 14.7 Å². The van der Waals surface area contributed by atoms with Crippen LogP contribution in [0.4, 0.5) is 4.79 Å². The minimum absolute atomic E-state index is 0.0584. The molecule has 1 atom stereocenters. The van der Waals surface area contributed by atoms with E-state index < -0.39 is 5.97 Å². The van der Waals surface area contributed by atoms with Crippen LogP contribution < -0.4 is 0 Å². The minimum Gasteiger partial charge on any atom is -0.481 e. The fraction of sp³-hybridized carbons (Fsp3) is 0.391. The first kappa shape index (κ1) is 18.5. The molecule has 28 heavy (non-hydrogen) atoms. The Morgan fingerprint density at radius 3 is 2.25 bits per heavy atom. The largest absolute Gasteiger partial charge is 0.481 e. The lowest BCUT2D eigenvalue weighted by Gasteiger charge is -2.22. The molecule has 2 aliphatic rings. The van der Waals surface area contributed by atoms with Crippen molar-refractivity contribution in [3.63, 3.8) is 0 Å². The quantitative estimate of drug-likeness (QED) is 0.849. The second kappa shape index (κ2) is 8.05. The third-order valence-electron chi connectivity index (χ3n) is 5.91. The lowest BCUT2D eigenvalue weighted by Crippen LogP contribution is -2.33. The number of rotatable bonds is 4. The molecule has 0 radical (unpaired) electrons. The number of amides is 1. The van der Waals surface area contributed by atoms with Gasteiger partial charge in [0.25, 0.3) is 0 Å². The van der Waals surface area contributed by atoms with Gasteiger partial charge in [-0.05, 0) is 47.4 Å². The highest BCUT2D eigenvalue weighted by Crippen LogP contribution is 2.44. The molecule has 5 nitrogen and oxygen atoms in total. The molecule has 2 aromatic rings. The van der Waals surface area contributed by atoms with E-state index >= 15 is 0 Å². The van der Waals surface area contributed by atoms with Crippen LogP contribution in [-0.4, -0.2) is 41.8 Å². The van der Waals surface area contributed by atoms with Crippen molar-refractivity contribution < 1.29 is 19.4 Å². The fourth-order valence-corrected chi connectivity index (χ4v) is 4.48. The Morgan fingerprint density at radius 2 is 1.61 bits per heavy atom. The number of ether oxygens (including phenoxy) is 1. The SMILES string of the molecule is O=C(O)CC1CCCN(C(=O)OCC2c3ccccc3-c3ccccc32)CC1. The van der Waals surface area contributed by atoms with Crippen LogP contribution in [0.5, 0.6) is 0 Å². The summed E-state index contributed by atoms with van der Waals surface area (Å²) >= 11 is 0. The normalized spacial score (nSPS) is 18.9. The summed E-state index contributed by atoms with van der Waals surface area (Å²) in [4.78, 5) is 25.3. The minimum atomic E-state index is -0.764. The summed E-state index contributed by atoms with van der Waals surface area (Å²) in [5.41, 5.74) is 4.83. The maximum Gasteiger partial charge on any atom is 0.409 e. The van der Waals surface area contributed by atoms with Crippen LogP contribution in [0, 0.1) is 5.92 Å². The zero-order valence-corrected chi connectivity index (χ0v) is 15.8.